The van der Waals surface area contributed by atoms with Crippen LogP contribution < -0.4 is 0 Å². The van der Waals surface area contributed by atoms with E-state index in [2.05, 4.69) is 42.5 Å². The largest absolute Gasteiger partial charge is 0.309 e. The fraction of sp³-hybridized carbons (Fsp3) is 0.200. The molecule has 0 radical (unpaired) electrons. The summed E-state index contributed by atoms with van der Waals surface area (Å²) in [5.74, 6) is 0. The molecular weight excluding hydrogens is 290 g/mol. The Kier molecular flexibility index (Phi) is 4.29. The van der Waals surface area contributed by atoms with Crippen molar-refractivity contribution < 1.29 is 4.11 Å². The number of hydrogen-bond donors (Lipinski definition) is 0. The van der Waals surface area contributed by atoms with Crippen LogP contribution in [0.4, 0.5) is 0 Å². The van der Waals surface area contributed by atoms with Gasteiger partial charge in [-0.15, -0.1) is 12.4 Å². The molecule has 22 heavy (non-hydrogen) atoms. The van der Waals surface area contributed by atoms with E-state index in [1.54, 1.807) is 7.05 Å². The average molecular weight is 315 g/mol. The molecule has 0 saturated heterocycles. The van der Waals surface area contributed by atoms with Gasteiger partial charge in [0.2, 0.25) is 0 Å². The van der Waals surface area contributed by atoms with Crippen molar-refractivity contribution in [2.45, 2.75) is 6.42 Å². The molecule has 0 fully saturated rings. The maximum atomic E-state index is 7.46. The second-order valence-corrected chi connectivity index (χ2v) is 5.34. The zero-order valence-electron chi connectivity index (χ0n) is 15.6. The predicted octanol–water partition coefficient (Wildman–Crippen LogP) is 4.98. The third-order valence-corrected chi connectivity index (χ3v) is 3.76. The minimum absolute atomic E-state index is 0. The Labute approximate surface area is 143 Å². The molecule has 0 aromatic heterocycles. The molecule has 3 rings (SSSR count). The molecule has 0 heterocycles. The lowest BCUT2D eigenvalue weighted by Crippen LogP contribution is -2.12. The van der Waals surface area contributed by atoms with Gasteiger partial charge in [0.25, 0.3) is 0 Å². The van der Waals surface area contributed by atoms with Crippen LogP contribution in [-0.4, -0.2) is 25.5 Å². The molecule has 2 aromatic carbocycles. The van der Waals surface area contributed by atoms with Crippen LogP contribution in [0.25, 0.3) is 17.7 Å². The van der Waals surface area contributed by atoms with Crippen LogP contribution in [-0.2, 0) is 0 Å². The van der Waals surface area contributed by atoms with Crippen LogP contribution in [0.2, 0.25) is 0 Å². The van der Waals surface area contributed by atoms with Gasteiger partial charge < -0.3 is 4.90 Å². The first-order valence-corrected chi connectivity index (χ1v) is 7.25. The van der Waals surface area contributed by atoms with Crippen LogP contribution in [0.5, 0.6) is 0 Å². The quantitative estimate of drug-likeness (QED) is 0.659. The molecular formula is C20H22ClN. The molecule has 0 amide bonds. The van der Waals surface area contributed by atoms with Crippen molar-refractivity contribution in [2.24, 2.45) is 0 Å². The van der Waals surface area contributed by atoms with Crippen LogP contribution in [0.3, 0.4) is 0 Å². The van der Waals surface area contributed by atoms with E-state index in [4.69, 9.17) is 4.11 Å². The summed E-state index contributed by atoms with van der Waals surface area (Å²) in [4.78, 5) is 1.41. The predicted molar refractivity (Wildman–Crippen MR) is 99.3 cm³/mol. The molecule has 0 saturated carbocycles. The van der Waals surface area contributed by atoms with E-state index in [0.717, 1.165) is 0 Å². The van der Waals surface area contributed by atoms with Crippen LogP contribution >= 0.6 is 12.4 Å². The van der Waals surface area contributed by atoms with Crippen molar-refractivity contribution in [3.8, 4) is 0 Å². The minimum Gasteiger partial charge on any atom is -0.309 e. The maximum absolute atomic E-state index is 7.46. The Morgan fingerprint density at radius 2 is 1.50 bits per heavy atom. The Balaban J connectivity index is 0.00000225. The standard InChI is InChI=1S/C20H21N.ClH/c1-21(2)15-7-12-20-18-10-5-3-8-16(18)13-14-17-9-4-6-11-19(17)20;/h3-6,8-14H,7,15H2,1-2H3;1H/i1D3;. The number of hydrogen-bond acceptors (Lipinski definition) is 1. The Bertz CT molecular complexity index is 742. The van der Waals surface area contributed by atoms with E-state index >= 15 is 0 Å². The van der Waals surface area contributed by atoms with Crippen molar-refractivity contribution in [2.75, 3.05) is 20.6 Å². The molecule has 0 spiro atoms. The summed E-state index contributed by atoms with van der Waals surface area (Å²) in [5, 5.41) is 0. The van der Waals surface area contributed by atoms with Crippen LogP contribution in [0.15, 0.2) is 54.6 Å². The first-order valence-electron chi connectivity index (χ1n) is 8.75. The summed E-state index contributed by atoms with van der Waals surface area (Å²) in [7, 11) is 1.64. The fourth-order valence-electron chi connectivity index (χ4n) is 2.72. The van der Waals surface area contributed by atoms with E-state index < -0.39 is 6.98 Å². The van der Waals surface area contributed by atoms with Gasteiger partial charge in [-0.25, -0.2) is 0 Å². The second-order valence-electron chi connectivity index (χ2n) is 5.34. The third-order valence-electron chi connectivity index (χ3n) is 3.76. The fourth-order valence-corrected chi connectivity index (χ4v) is 2.72. The van der Waals surface area contributed by atoms with Gasteiger partial charge in [-0.3, -0.25) is 0 Å². The van der Waals surface area contributed by atoms with E-state index in [1.807, 2.05) is 24.3 Å². The Morgan fingerprint density at radius 1 is 0.955 bits per heavy atom. The molecule has 0 atom stereocenters. The van der Waals surface area contributed by atoms with Crippen molar-refractivity contribution in [3.05, 3.63) is 76.9 Å². The molecule has 0 unspecified atom stereocenters. The molecule has 114 valence electrons. The number of halogens is 1. The zero-order valence-corrected chi connectivity index (χ0v) is 13.4. The first-order chi connectivity index (χ1) is 11.5. The van der Waals surface area contributed by atoms with Crippen molar-refractivity contribution in [1.29, 1.82) is 0 Å². The van der Waals surface area contributed by atoms with Gasteiger partial charge in [0.1, 0.15) is 0 Å². The summed E-state index contributed by atoms with van der Waals surface area (Å²) in [6.07, 6.45) is 7.13. The van der Waals surface area contributed by atoms with Crippen LogP contribution in [0, 0.1) is 0 Å². The lowest BCUT2D eigenvalue weighted by Gasteiger charge is -2.13. The number of benzene rings is 2. The highest BCUT2D eigenvalue weighted by molar-refractivity contribution is 5.93. The summed E-state index contributed by atoms with van der Waals surface area (Å²) < 4.78 is 22.4. The zero-order chi connectivity index (χ0) is 17.2. The highest BCUT2D eigenvalue weighted by Crippen LogP contribution is 2.33. The molecule has 0 N–H and O–H groups in total. The highest BCUT2D eigenvalue weighted by Gasteiger charge is 2.13. The third kappa shape index (κ3) is 3.49. The topological polar surface area (TPSA) is 3.24 Å². The normalized spacial score (nSPS) is 14.8. The van der Waals surface area contributed by atoms with Crippen LogP contribution in [0.1, 0.15) is 32.8 Å². The highest BCUT2D eigenvalue weighted by atomic mass is 35.5. The van der Waals surface area contributed by atoms with Crippen molar-refractivity contribution in [3.63, 3.8) is 0 Å². The van der Waals surface area contributed by atoms with E-state index in [9.17, 15) is 0 Å². The number of nitrogens with zero attached hydrogens (tertiary/aromatic N) is 1. The molecule has 1 aliphatic carbocycles. The number of rotatable bonds is 3. The maximum Gasteiger partial charge on any atom is 0.0394 e. The Morgan fingerprint density at radius 3 is 2.05 bits per heavy atom. The summed E-state index contributed by atoms with van der Waals surface area (Å²) >= 11 is 0. The first kappa shape index (κ1) is 12.7. The van der Waals surface area contributed by atoms with Gasteiger partial charge in [-0.05, 0) is 48.3 Å². The minimum atomic E-state index is -2.04. The van der Waals surface area contributed by atoms with Gasteiger partial charge in [0.05, 0.1) is 0 Å². The van der Waals surface area contributed by atoms with E-state index in [-0.39, 0.29) is 12.4 Å². The molecule has 1 nitrogen and oxygen atoms in total. The summed E-state index contributed by atoms with van der Waals surface area (Å²) in [6.45, 7) is -1.54. The summed E-state index contributed by atoms with van der Waals surface area (Å²) in [6, 6.07) is 16.6. The lowest BCUT2D eigenvalue weighted by molar-refractivity contribution is 0.417. The van der Waals surface area contributed by atoms with Gasteiger partial charge in [0.15, 0.2) is 0 Å². The summed E-state index contributed by atoms with van der Waals surface area (Å²) in [5.41, 5.74) is 5.92. The number of fused-ring (bicyclic) bond motifs is 2. The molecule has 1 aliphatic rings. The second kappa shape index (κ2) is 7.44. The lowest BCUT2D eigenvalue weighted by atomic mass is 9.93. The monoisotopic (exact) mass is 314 g/mol. The SMILES string of the molecule is Cl.[2H]C([2H])([2H])N(C)CCC=C1c2ccccc2C=Cc2ccccc21. The van der Waals surface area contributed by atoms with Gasteiger partial charge in [-0.1, -0.05) is 66.8 Å². The molecule has 0 aliphatic heterocycles. The molecule has 2 heteroatoms. The van der Waals surface area contributed by atoms with Gasteiger partial charge >= 0.3 is 0 Å². The van der Waals surface area contributed by atoms with Crippen molar-refractivity contribution >= 4 is 30.1 Å². The van der Waals surface area contributed by atoms with Gasteiger partial charge in [0, 0.05) is 10.7 Å². The van der Waals surface area contributed by atoms with E-state index in [0.29, 0.717) is 13.0 Å². The smallest absolute Gasteiger partial charge is 0.0394 e. The van der Waals surface area contributed by atoms with Gasteiger partial charge in [-0.2, -0.15) is 0 Å². The average Bonchev–Trinajstić information content (AvgIpc) is 2.72. The molecule has 0 bridgehead atoms. The van der Waals surface area contributed by atoms with E-state index in [1.165, 1.54) is 32.7 Å². The Hall–Kier alpha value is -1.83. The molecule has 2 aromatic rings. The van der Waals surface area contributed by atoms with Crippen molar-refractivity contribution in [1.82, 2.24) is 4.90 Å².